The molecular formula is C13H18BrNO2S. The molecule has 18 heavy (non-hydrogen) atoms. The van der Waals surface area contributed by atoms with Crippen LogP contribution in [-0.2, 0) is 0 Å². The summed E-state index contributed by atoms with van der Waals surface area (Å²) in [6.07, 6.45) is 4.51. The molecule has 1 aromatic rings. The summed E-state index contributed by atoms with van der Waals surface area (Å²) in [6, 6.07) is 2.24. The van der Waals surface area contributed by atoms with Crippen molar-refractivity contribution in [2.45, 2.75) is 38.6 Å². The Morgan fingerprint density at radius 1 is 1.56 bits per heavy atom. The Balaban J connectivity index is 2.16. The molecule has 0 atom stereocenters. The number of aliphatic hydroxyl groups excluding tert-OH is 1. The van der Waals surface area contributed by atoms with Crippen LogP contribution in [0.25, 0.3) is 0 Å². The highest BCUT2D eigenvalue weighted by molar-refractivity contribution is 9.11. The van der Waals surface area contributed by atoms with Crippen molar-refractivity contribution in [3.8, 4) is 0 Å². The zero-order valence-corrected chi connectivity index (χ0v) is 12.9. The van der Waals surface area contributed by atoms with Crippen molar-refractivity contribution in [1.82, 2.24) is 4.90 Å². The van der Waals surface area contributed by atoms with Gasteiger partial charge in [0.15, 0.2) is 0 Å². The lowest BCUT2D eigenvalue weighted by Gasteiger charge is -2.27. The first-order valence-corrected chi connectivity index (χ1v) is 7.92. The third kappa shape index (κ3) is 2.95. The fraction of sp³-hybridized carbons (Fsp3) is 0.615. The maximum Gasteiger partial charge on any atom is 0.264 e. The van der Waals surface area contributed by atoms with E-state index in [1.807, 2.05) is 17.9 Å². The number of rotatable bonds is 4. The van der Waals surface area contributed by atoms with Gasteiger partial charge in [0.2, 0.25) is 0 Å². The second kappa shape index (κ2) is 6.17. The van der Waals surface area contributed by atoms with E-state index in [2.05, 4.69) is 15.9 Å². The zero-order valence-electron chi connectivity index (χ0n) is 10.5. The number of carbonyl (C=O) groups is 1. The van der Waals surface area contributed by atoms with Gasteiger partial charge in [0.1, 0.15) is 0 Å². The molecule has 0 aliphatic heterocycles. The predicted octanol–water partition coefficient (Wildman–Crippen LogP) is 3.20. The highest BCUT2D eigenvalue weighted by Gasteiger charge is 2.28. The summed E-state index contributed by atoms with van der Waals surface area (Å²) in [4.78, 5) is 15.1. The van der Waals surface area contributed by atoms with E-state index in [0.717, 1.165) is 27.1 Å². The van der Waals surface area contributed by atoms with Crippen LogP contribution >= 0.6 is 27.3 Å². The van der Waals surface area contributed by atoms with Crippen molar-refractivity contribution in [2.75, 3.05) is 13.2 Å². The summed E-state index contributed by atoms with van der Waals surface area (Å²) in [7, 11) is 0. The quantitative estimate of drug-likeness (QED) is 0.920. The SMILES string of the molecule is Cc1cc(C(=O)N(CCO)C2CCCC2)sc1Br. The minimum absolute atomic E-state index is 0.0355. The summed E-state index contributed by atoms with van der Waals surface area (Å²) in [6.45, 7) is 2.47. The first kappa shape index (κ1) is 14.0. The molecule has 1 saturated carbocycles. The highest BCUT2D eigenvalue weighted by atomic mass is 79.9. The van der Waals surface area contributed by atoms with Gasteiger partial charge >= 0.3 is 0 Å². The molecule has 3 nitrogen and oxygen atoms in total. The Morgan fingerprint density at radius 2 is 2.22 bits per heavy atom. The van der Waals surface area contributed by atoms with Gasteiger partial charge in [-0.25, -0.2) is 0 Å². The number of aryl methyl sites for hydroxylation is 1. The molecule has 0 saturated heterocycles. The lowest BCUT2D eigenvalue weighted by atomic mass is 10.2. The van der Waals surface area contributed by atoms with Crippen molar-refractivity contribution < 1.29 is 9.90 Å². The number of carbonyl (C=O) groups excluding carboxylic acids is 1. The molecule has 2 rings (SSSR count). The van der Waals surface area contributed by atoms with Gasteiger partial charge in [-0.2, -0.15) is 0 Å². The largest absolute Gasteiger partial charge is 0.395 e. The third-order valence-corrected chi connectivity index (χ3v) is 5.56. The molecule has 0 unspecified atom stereocenters. The molecule has 1 aliphatic rings. The van der Waals surface area contributed by atoms with Crippen molar-refractivity contribution in [3.63, 3.8) is 0 Å². The first-order valence-electron chi connectivity index (χ1n) is 6.31. The molecule has 1 aromatic heterocycles. The minimum Gasteiger partial charge on any atom is -0.395 e. The molecule has 0 spiro atoms. The third-order valence-electron chi connectivity index (χ3n) is 3.44. The summed E-state index contributed by atoms with van der Waals surface area (Å²) in [5.74, 6) is 0.0646. The molecule has 1 heterocycles. The van der Waals surface area contributed by atoms with Crippen LogP contribution in [0.15, 0.2) is 9.85 Å². The fourth-order valence-electron chi connectivity index (χ4n) is 2.48. The Hall–Kier alpha value is -0.390. The van der Waals surface area contributed by atoms with Gasteiger partial charge in [-0.15, -0.1) is 11.3 Å². The number of thiophene rings is 1. The van der Waals surface area contributed by atoms with Crippen LogP contribution in [0.1, 0.15) is 40.9 Å². The molecule has 1 fully saturated rings. The summed E-state index contributed by atoms with van der Waals surface area (Å²) < 4.78 is 1.02. The Morgan fingerprint density at radius 3 is 2.72 bits per heavy atom. The molecule has 0 bridgehead atoms. The van der Waals surface area contributed by atoms with E-state index >= 15 is 0 Å². The number of amides is 1. The van der Waals surface area contributed by atoms with Crippen LogP contribution in [0.4, 0.5) is 0 Å². The smallest absolute Gasteiger partial charge is 0.264 e. The van der Waals surface area contributed by atoms with E-state index in [1.54, 1.807) is 0 Å². The first-order chi connectivity index (χ1) is 8.63. The van der Waals surface area contributed by atoms with Crippen LogP contribution in [0.5, 0.6) is 0 Å². The monoisotopic (exact) mass is 331 g/mol. The molecule has 1 aliphatic carbocycles. The number of hydrogen-bond donors (Lipinski definition) is 1. The van der Waals surface area contributed by atoms with Crippen LogP contribution in [0.3, 0.4) is 0 Å². The average molecular weight is 332 g/mol. The van der Waals surface area contributed by atoms with E-state index < -0.39 is 0 Å². The van der Waals surface area contributed by atoms with Gasteiger partial charge in [-0.3, -0.25) is 4.79 Å². The molecule has 5 heteroatoms. The second-order valence-electron chi connectivity index (χ2n) is 4.73. The average Bonchev–Trinajstić information content (AvgIpc) is 2.97. The van der Waals surface area contributed by atoms with Gasteiger partial charge in [0.25, 0.3) is 5.91 Å². The second-order valence-corrected chi connectivity index (χ2v) is 7.10. The molecular weight excluding hydrogens is 314 g/mol. The van der Waals surface area contributed by atoms with Gasteiger partial charge in [-0.05, 0) is 47.3 Å². The van der Waals surface area contributed by atoms with Gasteiger partial charge in [-0.1, -0.05) is 12.8 Å². The Kier molecular flexibility index (Phi) is 4.81. The van der Waals surface area contributed by atoms with Crippen LogP contribution in [0.2, 0.25) is 0 Å². The van der Waals surface area contributed by atoms with E-state index in [0.29, 0.717) is 12.6 Å². The predicted molar refractivity (Wildman–Crippen MR) is 77.1 cm³/mol. The summed E-state index contributed by atoms with van der Waals surface area (Å²) in [5.41, 5.74) is 1.10. The van der Waals surface area contributed by atoms with Crippen molar-refractivity contribution in [3.05, 3.63) is 20.3 Å². The van der Waals surface area contributed by atoms with Crippen molar-refractivity contribution in [2.24, 2.45) is 0 Å². The zero-order chi connectivity index (χ0) is 13.1. The van der Waals surface area contributed by atoms with E-state index in [1.165, 1.54) is 24.2 Å². The molecule has 1 N–H and O–H groups in total. The molecule has 1 amide bonds. The number of aliphatic hydroxyl groups is 1. The Bertz CT molecular complexity index is 407. The molecule has 0 aromatic carbocycles. The lowest BCUT2D eigenvalue weighted by molar-refractivity contribution is 0.0643. The van der Waals surface area contributed by atoms with Gasteiger partial charge in [0, 0.05) is 12.6 Å². The number of nitrogens with zero attached hydrogens (tertiary/aromatic N) is 1. The van der Waals surface area contributed by atoms with Gasteiger partial charge in [0.05, 0.1) is 15.3 Å². The molecule has 0 radical (unpaired) electrons. The lowest BCUT2D eigenvalue weighted by Crippen LogP contribution is -2.40. The van der Waals surface area contributed by atoms with Crippen molar-refractivity contribution >= 4 is 33.2 Å². The molecule has 100 valence electrons. The summed E-state index contributed by atoms with van der Waals surface area (Å²) in [5, 5.41) is 9.15. The highest BCUT2D eigenvalue weighted by Crippen LogP contribution is 2.30. The van der Waals surface area contributed by atoms with Crippen LogP contribution in [-0.4, -0.2) is 35.1 Å². The number of hydrogen-bond acceptors (Lipinski definition) is 3. The number of halogens is 1. The van der Waals surface area contributed by atoms with E-state index in [4.69, 9.17) is 5.11 Å². The van der Waals surface area contributed by atoms with Crippen LogP contribution in [0, 0.1) is 6.92 Å². The topological polar surface area (TPSA) is 40.5 Å². The maximum absolute atomic E-state index is 12.5. The van der Waals surface area contributed by atoms with Crippen LogP contribution < -0.4 is 0 Å². The van der Waals surface area contributed by atoms with Crippen molar-refractivity contribution in [1.29, 1.82) is 0 Å². The maximum atomic E-state index is 12.5. The normalized spacial score (nSPS) is 16.2. The fourth-order valence-corrected chi connectivity index (χ4v) is 3.97. The minimum atomic E-state index is 0.0355. The standard InChI is InChI=1S/C13H18BrNO2S/c1-9-8-11(18-12(9)14)13(17)15(6-7-16)10-4-2-3-5-10/h8,10,16H,2-7H2,1H3. The Labute approximate surface area is 120 Å². The van der Waals surface area contributed by atoms with Gasteiger partial charge < -0.3 is 10.0 Å². The van der Waals surface area contributed by atoms with E-state index in [-0.39, 0.29) is 12.5 Å². The summed E-state index contributed by atoms with van der Waals surface area (Å²) >= 11 is 4.93. The van der Waals surface area contributed by atoms with E-state index in [9.17, 15) is 4.79 Å².